The van der Waals surface area contributed by atoms with Crippen LogP contribution in [-0.4, -0.2) is 24.1 Å². The van der Waals surface area contributed by atoms with Crippen LogP contribution in [0.3, 0.4) is 0 Å². The fourth-order valence-corrected chi connectivity index (χ4v) is 2.65. The van der Waals surface area contributed by atoms with Crippen LogP contribution >= 0.6 is 11.3 Å². The van der Waals surface area contributed by atoms with Gasteiger partial charge >= 0.3 is 11.8 Å². The van der Waals surface area contributed by atoms with E-state index in [1.807, 2.05) is 17.5 Å². The van der Waals surface area contributed by atoms with Crippen molar-refractivity contribution in [1.82, 2.24) is 10.7 Å². The lowest BCUT2D eigenvalue weighted by Gasteiger charge is -2.22. The molecule has 1 aromatic heterocycles. The third-order valence-corrected chi connectivity index (χ3v) is 3.85. The Balaban J connectivity index is 1.74. The van der Waals surface area contributed by atoms with Crippen LogP contribution in [0.15, 0.2) is 22.6 Å². The molecule has 1 aromatic rings. The molecule has 5 nitrogen and oxygen atoms in total. The Bertz CT molecular complexity index is 450. The summed E-state index contributed by atoms with van der Waals surface area (Å²) in [4.78, 5) is 24.0. The van der Waals surface area contributed by atoms with E-state index in [2.05, 4.69) is 15.8 Å². The van der Waals surface area contributed by atoms with Gasteiger partial charge in [-0.05, 0) is 24.3 Å². The van der Waals surface area contributed by atoms with Crippen LogP contribution in [0.5, 0.6) is 0 Å². The van der Waals surface area contributed by atoms with Gasteiger partial charge in [0.2, 0.25) is 0 Å². The van der Waals surface area contributed by atoms with Gasteiger partial charge in [-0.15, -0.1) is 11.3 Å². The average Bonchev–Trinajstić information content (AvgIpc) is 2.93. The molecule has 1 heterocycles. The fraction of sp³-hybridized carbons (Fsp3) is 0.462. The molecule has 0 radical (unpaired) electrons. The second-order valence-electron chi connectivity index (χ2n) is 4.52. The second-order valence-corrected chi connectivity index (χ2v) is 5.50. The fourth-order valence-electron chi connectivity index (χ4n) is 2.07. The maximum atomic E-state index is 11.6. The number of carbonyl (C=O) groups is 2. The Morgan fingerprint density at radius 1 is 1.26 bits per heavy atom. The third kappa shape index (κ3) is 4.48. The third-order valence-electron chi connectivity index (χ3n) is 3.05. The van der Waals surface area contributed by atoms with Crippen LogP contribution in [0.4, 0.5) is 0 Å². The lowest BCUT2D eigenvalue weighted by atomic mass is 9.95. The van der Waals surface area contributed by atoms with Gasteiger partial charge < -0.3 is 5.32 Å². The predicted octanol–water partition coefficient (Wildman–Crippen LogP) is 1.65. The highest BCUT2D eigenvalue weighted by Gasteiger charge is 2.19. The maximum Gasteiger partial charge on any atom is 0.329 e. The molecule has 1 aliphatic rings. The van der Waals surface area contributed by atoms with Crippen molar-refractivity contribution in [2.75, 3.05) is 0 Å². The molecule has 6 heteroatoms. The minimum Gasteiger partial charge on any atom is -0.345 e. The van der Waals surface area contributed by atoms with Crippen molar-refractivity contribution in [3.8, 4) is 0 Å². The number of hydrogen-bond donors (Lipinski definition) is 2. The number of rotatable bonds is 3. The molecular formula is C13H17N3O2S. The van der Waals surface area contributed by atoms with E-state index in [0.717, 1.165) is 30.6 Å². The first-order valence-corrected chi connectivity index (χ1v) is 7.31. The summed E-state index contributed by atoms with van der Waals surface area (Å²) in [6, 6.07) is 3.90. The van der Waals surface area contributed by atoms with Gasteiger partial charge in [0.05, 0.1) is 6.21 Å². The zero-order valence-corrected chi connectivity index (χ0v) is 11.4. The Morgan fingerprint density at radius 2 is 2.05 bits per heavy atom. The standard InChI is InChI=1S/C13H17N3O2S/c17-12(15-10-5-2-1-3-6-10)13(18)16-14-9-11-7-4-8-19-11/h4,7-10H,1-3,5-6H2,(H,15,17)(H,16,18). The van der Waals surface area contributed by atoms with Crippen LogP contribution in [0.25, 0.3) is 0 Å². The lowest BCUT2D eigenvalue weighted by molar-refractivity contribution is -0.139. The van der Waals surface area contributed by atoms with E-state index in [4.69, 9.17) is 0 Å². The molecule has 102 valence electrons. The van der Waals surface area contributed by atoms with Gasteiger partial charge in [0.25, 0.3) is 0 Å². The van der Waals surface area contributed by atoms with Gasteiger partial charge in [0.15, 0.2) is 0 Å². The van der Waals surface area contributed by atoms with E-state index in [9.17, 15) is 9.59 Å². The Kier molecular flexibility index (Phi) is 5.09. The predicted molar refractivity (Wildman–Crippen MR) is 75.1 cm³/mol. The number of hydrogen-bond acceptors (Lipinski definition) is 4. The van der Waals surface area contributed by atoms with E-state index in [1.165, 1.54) is 24.0 Å². The molecule has 1 fully saturated rings. The van der Waals surface area contributed by atoms with Crippen molar-refractivity contribution in [1.29, 1.82) is 0 Å². The maximum absolute atomic E-state index is 11.6. The number of carbonyl (C=O) groups excluding carboxylic acids is 2. The van der Waals surface area contributed by atoms with Crippen LogP contribution < -0.4 is 10.7 Å². The number of nitrogens with zero attached hydrogens (tertiary/aromatic N) is 1. The second kappa shape index (κ2) is 7.04. The number of thiophene rings is 1. The molecule has 0 saturated heterocycles. The molecule has 2 rings (SSSR count). The smallest absolute Gasteiger partial charge is 0.329 e. The summed E-state index contributed by atoms with van der Waals surface area (Å²) in [5, 5.41) is 8.41. The summed E-state index contributed by atoms with van der Waals surface area (Å²) in [6.07, 6.45) is 6.88. The zero-order valence-electron chi connectivity index (χ0n) is 10.6. The van der Waals surface area contributed by atoms with Gasteiger partial charge in [-0.2, -0.15) is 5.10 Å². The number of nitrogens with one attached hydrogen (secondary N) is 2. The first-order valence-electron chi connectivity index (χ1n) is 6.43. The highest BCUT2D eigenvalue weighted by molar-refractivity contribution is 7.11. The molecule has 2 amide bonds. The highest BCUT2D eigenvalue weighted by atomic mass is 32.1. The van der Waals surface area contributed by atoms with Crippen LogP contribution in [0, 0.1) is 0 Å². The summed E-state index contributed by atoms with van der Waals surface area (Å²) in [5.41, 5.74) is 2.24. The lowest BCUT2D eigenvalue weighted by Crippen LogP contribution is -2.44. The van der Waals surface area contributed by atoms with Crippen molar-refractivity contribution >= 4 is 29.4 Å². The normalized spacial score (nSPS) is 16.4. The van der Waals surface area contributed by atoms with Crippen LogP contribution in [-0.2, 0) is 9.59 Å². The molecule has 0 aliphatic heterocycles. The Morgan fingerprint density at radius 3 is 2.74 bits per heavy atom. The van der Waals surface area contributed by atoms with Crippen molar-refractivity contribution in [2.24, 2.45) is 5.10 Å². The van der Waals surface area contributed by atoms with Gasteiger partial charge in [-0.3, -0.25) is 9.59 Å². The molecule has 0 spiro atoms. The molecule has 1 saturated carbocycles. The number of hydrazone groups is 1. The molecule has 0 atom stereocenters. The molecule has 2 N–H and O–H groups in total. The number of amides is 2. The van der Waals surface area contributed by atoms with Crippen molar-refractivity contribution in [2.45, 2.75) is 38.1 Å². The van der Waals surface area contributed by atoms with Gasteiger partial charge in [0.1, 0.15) is 0 Å². The van der Waals surface area contributed by atoms with Crippen LogP contribution in [0.1, 0.15) is 37.0 Å². The van der Waals surface area contributed by atoms with E-state index in [1.54, 1.807) is 0 Å². The van der Waals surface area contributed by atoms with Crippen molar-refractivity contribution in [3.63, 3.8) is 0 Å². The zero-order chi connectivity index (χ0) is 13.5. The average molecular weight is 279 g/mol. The minimum atomic E-state index is -0.710. The van der Waals surface area contributed by atoms with Gasteiger partial charge in [-0.1, -0.05) is 25.3 Å². The summed E-state index contributed by atoms with van der Waals surface area (Å²) in [7, 11) is 0. The molecule has 0 unspecified atom stereocenters. The van der Waals surface area contributed by atoms with E-state index >= 15 is 0 Å². The molecular weight excluding hydrogens is 262 g/mol. The summed E-state index contributed by atoms with van der Waals surface area (Å²) in [6.45, 7) is 0. The first-order chi connectivity index (χ1) is 9.25. The first kappa shape index (κ1) is 13.7. The van der Waals surface area contributed by atoms with E-state index < -0.39 is 11.8 Å². The quantitative estimate of drug-likeness (QED) is 0.502. The Labute approximate surface area is 116 Å². The monoisotopic (exact) mass is 279 g/mol. The minimum absolute atomic E-state index is 0.133. The van der Waals surface area contributed by atoms with Crippen molar-refractivity contribution < 1.29 is 9.59 Å². The Hall–Kier alpha value is -1.69. The van der Waals surface area contributed by atoms with E-state index in [0.29, 0.717) is 0 Å². The SMILES string of the molecule is O=C(NN=Cc1cccs1)C(=O)NC1CCCCC1. The van der Waals surface area contributed by atoms with Crippen molar-refractivity contribution in [3.05, 3.63) is 22.4 Å². The topological polar surface area (TPSA) is 70.6 Å². The largest absolute Gasteiger partial charge is 0.345 e. The van der Waals surface area contributed by atoms with Gasteiger partial charge in [0, 0.05) is 10.9 Å². The molecule has 19 heavy (non-hydrogen) atoms. The van der Waals surface area contributed by atoms with E-state index in [-0.39, 0.29) is 6.04 Å². The summed E-state index contributed by atoms with van der Waals surface area (Å²) < 4.78 is 0. The summed E-state index contributed by atoms with van der Waals surface area (Å²) >= 11 is 1.51. The molecule has 0 aromatic carbocycles. The van der Waals surface area contributed by atoms with Gasteiger partial charge in [-0.25, -0.2) is 5.43 Å². The highest BCUT2D eigenvalue weighted by Crippen LogP contribution is 2.17. The molecule has 0 bridgehead atoms. The summed E-state index contributed by atoms with van der Waals surface area (Å²) in [5.74, 6) is -1.31. The van der Waals surface area contributed by atoms with Crippen LogP contribution in [0.2, 0.25) is 0 Å². The molecule has 1 aliphatic carbocycles.